The van der Waals surface area contributed by atoms with Crippen molar-refractivity contribution in [3.63, 3.8) is 0 Å². The fourth-order valence-electron chi connectivity index (χ4n) is 1.32. The van der Waals surface area contributed by atoms with Crippen LogP contribution in [0.4, 0.5) is 0 Å². The minimum Gasteiger partial charge on any atom is -0.379 e. The third kappa shape index (κ3) is 2.56. The van der Waals surface area contributed by atoms with Gasteiger partial charge in [-0.25, -0.2) is 4.98 Å². The van der Waals surface area contributed by atoms with Crippen LogP contribution in [0.25, 0.3) is 4.96 Å². The van der Waals surface area contributed by atoms with E-state index in [-0.39, 0.29) is 0 Å². The lowest BCUT2D eigenvalue weighted by molar-refractivity contribution is 0.0439. The van der Waals surface area contributed by atoms with Crippen molar-refractivity contribution >= 4 is 16.3 Å². The van der Waals surface area contributed by atoms with Crippen LogP contribution in [0.2, 0.25) is 0 Å². The fraction of sp³-hybridized carbons (Fsp3) is 0.500. The maximum atomic E-state index is 5.48. The van der Waals surface area contributed by atoms with E-state index in [2.05, 4.69) is 4.98 Å². The Labute approximate surface area is 92.5 Å². The third-order valence-electron chi connectivity index (χ3n) is 2.05. The van der Waals surface area contributed by atoms with Crippen molar-refractivity contribution in [1.82, 2.24) is 9.38 Å². The molecule has 0 fully saturated rings. The van der Waals surface area contributed by atoms with Crippen LogP contribution in [0.3, 0.4) is 0 Å². The molecule has 0 spiro atoms. The molecule has 2 aromatic heterocycles. The molecule has 15 heavy (non-hydrogen) atoms. The number of aromatic nitrogens is 2. The summed E-state index contributed by atoms with van der Waals surface area (Å²) in [4.78, 5) is 5.28. The molecule has 0 aromatic carbocycles. The van der Waals surface area contributed by atoms with E-state index >= 15 is 0 Å². The molecule has 82 valence electrons. The Hall–Kier alpha value is -0.910. The van der Waals surface area contributed by atoms with Gasteiger partial charge in [0.25, 0.3) is 0 Å². The molecule has 0 atom stereocenters. The molecule has 2 heterocycles. The zero-order valence-electron chi connectivity index (χ0n) is 8.68. The van der Waals surface area contributed by atoms with Crippen molar-refractivity contribution in [1.29, 1.82) is 0 Å². The van der Waals surface area contributed by atoms with Gasteiger partial charge in [-0.1, -0.05) is 0 Å². The lowest BCUT2D eigenvalue weighted by Gasteiger charge is -2.03. The van der Waals surface area contributed by atoms with Crippen LogP contribution in [-0.2, 0) is 16.1 Å². The Balaban J connectivity index is 1.82. The van der Waals surface area contributed by atoms with Gasteiger partial charge in [-0.15, -0.1) is 11.3 Å². The minimum absolute atomic E-state index is 0.588. The topological polar surface area (TPSA) is 35.8 Å². The maximum absolute atomic E-state index is 5.48. The minimum atomic E-state index is 0.588. The third-order valence-corrected chi connectivity index (χ3v) is 2.82. The van der Waals surface area contributed by atoms with Gasteiger partial charge in [0, 0.05) is 18.2 Å². The second-order valence-electron chi connectivity index (χ2n) is 3.05. The van der Waals surface area contributed by atoms with Gasteiger partial charge in [0.1, 0.15) is 0 Å². The van der Waals surface area contributed by atoms with E-state index < -0.39 is 0 Å². The summed E-state index contributed by atoms with van der Waals surface area (Å²) in [7, 11) is 0. The summed E-state index contributed by atoms with van der Waals surface area (Å²) in [6.07, 6.45) is 3.86. The normalized spacial score (nSPS) is 11.3. The van der Waals surface area contributed by atoms with E-state index in [9.17, 15) is 0 Å². The molecule has 2 aromatic rings. The molecule has 0 aliphatic carbocycles. The van der Waals surface area contributed by atoms with Crippen LogP contribution in [0.15, 0.2) is 17.8 Å². The van der Waals surface area contributed by atoms with Crippen LogP contribution in [0.1, 0.15) is 12.6 Å². The van der Waals surface area contributed by atoms with E-state index in [1.54, 1.807) is 11.3 Å². The zero-order chi connectivity index (χ0) is 10.5. The van der Waals surface area contributed by atoms with Crippen molar-refractivity contribution in [3.8, 4) is 0 Å². The first kappa shape index (κ1) is 10.6. The van der Waals surface area contributed by atoms with Crippen LogP contribution in [-0.4, -0.2) is 29.2 Å². The number of hydrogen-bond acceptors (Lipinski definition) is 4. The molecule has 2 rings (SSSR count). The summed E-state index contributed by atoms with van der Waals surface area (Å²) < 4.78 is 12.7. The molecule has 4 nitrogen and oxygen atoms in total. The van der Waals surface area contributed by atoms with E-state index in [4.69, 9.17) is 9.47 Å². The van der Waals surface area contributed by atoms with Gasteiger partial charge in [0.05, 0.1) is 31.7 Å². The second kappa shape index (κ2) is 5.25. The van der Waals surface area contributed by atoms with Crippen molar-refractivity contribution in [3.05, 3.63) is 23.5 Å². The van der Waals surface area contributed by atoms with Gasteiger partial charge in [0.15, 0.2) is 4.96 Å². The fourth-order valence-corrected chi connectivity index (χ4v) is 2.03. The summed E-state index contributed by atoms with van der Waals surface area (Å²) in [5.74, 6) is 0. The predicted molar refractivity (Wildman–Crippen MR) is 59.2 cm³/mol. The molecule has 0 aliphatic heterocycles. The Kier molecular flexibility index (Phi) is 3.71. The SMILES string of the molecule is CCOCCOCc1cnc2sccn12. The number of thiazole rings is 1. The summed E-state index contributed by atoms with van der Waals surface area (Å²) >= 11 is 1.63. The molecule has 0 amide bonds. The van der Waals surface area contributed by atoms with E-state index in [0.717, 1.165) is 17.3 Å². The van der Waals surface area contributed by atoms with Crippen LogP contribution in [0.5, 0.6) is 0 Å². The van der Waals surface area contributed by atoms with Gasteiger partial charge in [-0.3, -0.25) is 4.40 Å². The molecule has 0 saturated carbocycles. The summed E-state index contributed by atoms with van der Waals surface area (Å²) in [6.45, 7) is 4.59. The molecule has 0 radical (unpaired) electrons. The summed E-state index contributed by atoms with van der Waals surface area (Å²) in [6, 6.07) is 0. The van der Waals surface area contributed by atoms with Crippen molar-refractivity contribution in [2.45, 2.75) is 13.5 Å². The number of rotatable bonds is 6. The largest absolute Gasteiger partial charge is 0.379 e. The highest BCUT2D eigenvalue weighted by Gasteiger charge is 2.03. The molecule has 0 saturated heterocycles. The monoisotopic (exact) mass is 226 g/mol. The Morgan fingerprint density at radius 3 is 3.13 bits per heavy atom. The maximum Gasteiger partial charge on any atom is 0.193 e. The van der Waals surface area contributed by atoms with Crippen molar-refractivity contribution < 1.29 is 9.47 Å². The summed E-state index contributed by atoms with van der Waals surface area (Å²) in [5, 5.41) is 2.02. The Bertz CT molecular complexity index is 410. The van der Waals surface area contributed by atoms with Crippen molar-refractivity contribution in [2.24, 2.45) is 0 Å². The molecular formula is C10H14N2O2S. The highest BCUT2D eigenvalue weighted by atomic mass is 32.1. The Morgan fingerprint density at radius 1 is 1.40 bits per heavy atom. The average molecular weight is 226 g/mol. The quantitative estimate of drug-likeness (QED) is 0.706. The molecule has 0 bridgehead atoms. The molecule has 0 N–H and O–H groups in total. The highest BCUT2D eigenvalue weighted by molar-refractivity contribution is 7.15. The molecule has 0 unspecified atom stereocenters. The average Bonchev–Trinajstić information content (AvgIpc) is 2.81. The zero-order valence-corrected chi connectivity index (χ0v) is 9.50. The standard InChI is InChI=1S/C10H14N2O2S/c1-2-13-4-5-14-8-9-7-11-10-12(9)3-6-15-10/h3,6-7H,2,4-5,8H2,1H3. The first-order chi connectivity index (χ1) is 7.42. The number of hydrogen-bond donors (Lipinski definition) is 0. The Morgan fingerprint density at radius 2 is 2.27 bits per heavy atom. The van der Waals surface area contributed by atoms with Gasteiger partial charge in [0.2, 0.25) is 0 Å². The highest BCUT2D eigenvalue weighted by Crippen LogP contribution is 2.12. The van der Waals surface area contributed by atoms with Crippen molar-refractivity contribution in [2.75, 3.05) is 19.8 Å². The number of imidazole rings is 1. The molecule has 5 heteroatoms. The first-order valence-corrected chi connectivity index (χ1v) is 5.84. The van der Waals surface area contributed by atoms with Crippen LogP contribution >= 0.6 is 11.3 Å². The van der Waals surface area contributed by atoms with Gasteiger partial charge in [-0.05, 0) is 6.92 Å². The van der Waals surface area contributed by atoms with E-state index in [1.165, 1.54) is 0 Å². The van der Waals surface area contributed by atoms with Gasteiger partial charge >= 0.3 is 0 Å². The van der Waals surface area contributed by atoms with E-state index in [1.807, 2.05) is 29.1 Å². The number of fused-ring (bicyclic) bond motifs is 1. The van der Waals surface area contributed by atoms with E-state index in [0.29, 0.717) is 19.8 Å². The van der Waals surface area contributed by atoms with Gasteiger partial charge < -0.3 is 9.47 Å². The lowest BCUT2D eigenvalue weighted by atomic mass is 10.5. The van der Waals surface area contributed by atoms with Crippen LogP contribution < -0.4 is 0 Å². The van der Waals surface area contributed by atoms with Gasteiger partial charge in [-0.2, -0.15) is 0 Å². The molecular weight excluding hydrogens is 212 g/mol. The number of nitrogens with zero attached hydrogens (tertiary/aromatic N) is 2. The second-order valence-corrected chi connectivity index (χ2v) is 3.93. The summed E-state index contributed by atoms with van der Waals surface area (Å²) in [5.41, 5.74) is 1.09. The first-order valence-electron chi connectivity index (χ1n) is 4.96. The smallest absolute Gasteiger partial charge is 0.193 e. The predicted octanol–water partition coefficient (Wildman–Crippen LogP) is 1.95. The van der Waals surface area contributed by atoms with Crippen LogP contribution in [0, 0.1) is 0 Å². The molecule has 0 aliphatic rings. The number of ether oxygens (including phenoxy) is 2. The lowest BCUT2D eigenvalue weighted by Crippen LogP contribution is -2.04.